The number of rotatable bonds is 10. The molecule has 0 unspecified atom stereocenters. The van der Waals surface area contributed by atoms with Crippen LogP contribution in [0.5, 0.6) is 11.5 Å². The lowest BCUT2D eigenvalue weighted by Crippen LogP contribution is -2.89. The molecule has 4 N–H and O–H groups in total. The minimum absolute atomic E-state index is 0.161. The highest BCUT2D eigenvalue weighted by atomic mass is 16.5. The Hall–Kier alpha value is -2.08. The third kappa shape index (κ3) is 5.74. The van der Waals surface area contributed by atoms with Crippen LogP contribution < -0.4 is 14.8 Å². The molecule has 0 spiro atoms. The smallest absolute Gasteiger partial charge is 0.161 e. The molecule has 0 amide bonds. The SMILES string of the molecule is CC[C@@H](CO)[NH2+]Cc1ccc(OC[C@@H](O)c2ccccc2)c(OC)c1. The fraction of sp³-hybridized carbons (Fsp3) is 0.400. The second-order valence-electron chi connectivity index (χ2n) is 6.01. The monoisotopic (exact) mass is 346 g/mol. The maximum Gasteiger partial charge on any atom is 0.161 e. The summed E-state index contributed by atoms with van der Waals surface area (Å²) in [5, 5.41) is 21.6. The van der Waals surface area contributed by atoms with Gasteiger partial charge in [0.25, 0.3) is 0 Å². The first-order valence-corrected chi connectivity index (χ1v) is 8.64. The van der Waals surface area contributed by atoms with E-state index in [1.807, 2.05) is 48.5 Å². The van der Waals surface area contributed by atoms with Gasteiger partial charge in [0.1, 0.15) is 25.3 Å². The summed E-state index contributed by atoms with van der Waals surface area (Å²) in [6, 6.07) is 15.4. The fourth-order valence-electron chi connectivity index (χ4n) is 2.57. The van der Waals surface area contributed by atoms with E-state index in [0.29, 0.717) is 11.5 Å². The van der Waals surface area contributed by atoms with Gasteiger partial charge in [-0.1, -0.05) is 37.3 Å². The molecule has 2 aromatic rings. The molecule has 25 heavy (non-hydrogen) atoms. The molecule has 0 aliphatic rings. The summed E-state index contributed by atoms with van der Waals surface area (Å²) in [4.78, 5) is 0. The number of quaternary nitrogens is 1. The van der Waals surface area contributed by atoms with Crippen molar-refractivity contribution in [2.45, 2.75) is 32.0 Å². The molecule has 2 aromatic carbocycles. The zero-order chi connectivity index (χ0) is 18.1. The van der Waals surface area contributed by atoms with Crippen molar-refractivity contribution in [3.8, 4) is 11.5 Å². The van der Waals surface area contributed by atoms with Gasteiger partial charge in [-0.3, -0.25) is 0 Å². The molecular weight excluding hydrogens is 318 g/mol. The molecule has 136 valence electrons. The van der Waals surface area contributed by atoms with Crippen molar-refractivity contribution in [2.75, 3.05) is 20.3 Å². The minimum atomic E-state index is -0.686. The van der Waals surface area contributed by atoms with Crippen molar-refractivity contribution in [2.24, 2.45) is 0 Å². The van der Waals surface area contributed by atoms with Gasteiger partial charge in [-0.05, 0) is 30.2 Å². The highest BCUT2D eigenvalue weighted by molar-refractivity contribution is 5.42. The maximum absolute atomic E-state index is 10.2. The lowest BCUT2D eigenvalue weighted by Gasteiger charge is -2.16. The number of aliphatic hydroxyl groups excluding tert-OH is 2. The average Bonchev–Trinajstić information content (AvgIpc) is 2.67. The first-order chi connectivity index (χ1) is 12.2. The Kier molecular flexibility index (Phi) is 7.73. The molecule has 5 nitrogen and oxygen atoms in total. The largest absolute Gasteiger partial charge is 0.493 e. The zero-order valence-electron chi connectivity index (χ0n) is 14.9. The average molecular weight is 346 g/mol. The van der Waals surface area contributed by atoms with Crippen LogP contribution in [-0.4, -0.2) is 36.6 Å². The van der Waals surface area contributed by atoms with Gasteiger partial charge in [0.2, 0.25) is 0 Å². The number of aliphatic hydroxyl groups is 2. The van der Waals surface area contributed by atoms with Crippen molar-refractivity contribution < 1.29 is 25.0 Å². The first-order valence-electron chi connectivity index (χ1n) is 8.64. The van der Waals surface area contributed by atoms with Crippen molar-refractivity contribution in [1.29, 1.82) is 0 Å². The molecule has 0 saturated heterocycles. The standard InChI is InChI=1S/C20H27NO4/c1-3-17(13-22)21-12-15-9-10-19(20(11-15)24-2)25-14-18(23)16-7-5-4-6-8-16/h4-11,17-18,21-23H,3,12-14H2,1-2H3/p+1/t17-,18+/m0/s1. The van der Waals surface area contributed by atoms with Gasteiger partial charge < -0.3 is 25.0 Å². The highest BCUT2D eigenvalue weighted by Gasteiger charge is 2.13. The van der Waals surface area contributed by atoms with Crippen molar-refractivity contribution >= 4 is 0 Å². The molecule has 0 aliphatic carbocycles. The van der Waals surface area contributed by atoms with Gasteiger partial charge in [0, 0.05) is 5.56 Å². The number of benzene rings is 2. The molecule has 0 heterocycles. The maximum atomic E-state index is 10.2. The Morgan fingerprint density at radius 2 is 1.84 bits per heavy atom. The van der Waals surface area contributed by atoms with Gasteiger partial charge in [-0.25, -0.2) is 0 Å². The molecule has 0 aromatic heterocycles. The highest BCUT2D eigenvalue weighted by Crippen LogP contribution is 2.29. The Bertz CT molecular complexity index is 629. The topological polar surface area (TPSA) is 75.5 Å². The summed E-state index contributed by atoms with van der Waals surface area (Å²) in [5.74, 6) is 1.25. The molecule has 0 bridgehead atoms. The van der Waals surface area contributed by atoms with Crippen LogP contribution in [0, 0.1) is 0 Å². The van der Waals surface area contributed by atoms with E-state index in [1.165, 1.54) is 0 Å². The summed E-state index contributed by atoms with van der Waals surface area (Å²) in [7, 11) is 1.60. The van der Waals surface area contributed by atoms with Crippen LogP contribution >= 0.6 is 0 Å². The minimum Gasteiger partial charge on any atom is -0.493 e. The number of nitrogens with two attached hydrogens (primary N) is 1. The van der Waals surface area contributed by atoms with E-state index in [0.717, 1.165) is 24.1 Å². The molecule has 0 saturated carbocycles. The lowest BCUT2D eigenvalue weighted by molar-refractivity contribution is -0.706. The van der Waals surface area contributed by atoms with Crippen molar-refractivity contribution in [3.05, 3.63) is 59.7 Å². The third-order valence-electron chi connectivity index (χ3n) is 4.25. The van der Waals surface area contributed by atoms with Crippen LogP contribution in [0.4, 0.5) is 0 Å². The summed E-state index contributed by atoms with van der Waals surface area (Å²) in [6.45, 7) is 3.16. The van der Waals surface area contributed by atoms with Crippen LogP contribution in [0.25, 0.3) is 0 Å². The first kappa shape index (κ1) is 19.2. The van der Waals surface area contributed by atoms with E-state index < -0.39 is 6.10 Å². The van der Waals surface area contributed by atoms with Gasteiger partial charge in [-0.15, -0.1) is 0 Å². The van der Waals surface area contributed by atoms with E-state index in [2.05, 4.69) is 12.2 Å². The van der Waals surface area contributed by atoms with Gasteiger partial charge in [0.15, 0.2) is 11.5 Å². The molecule has 0 radical (unpaired) electrons. The summed E-state index contributed by atoms with van der Waals surface area (Å²) >= 11 is 0. The second-order valence-corrected chi connectivity index (χ2v) is 6.01. The predicted octanol–water partition coefficient (Wildman–Crippen LogP) is 1.64. The zero-order valence-corrected chi connectivity index (χ0v) is 14.9. The van der Waals surface area contributed by atoms with Crippen LogP contribution in [0.1, 0.15) is 30.6 Å². The number of methoxy groups -OCH3 is 1. The number of hydrogen-bond acceptors (Lipinski definition) is 4. The quantitative estimate of drug-likeness (QED) is 0.611. The molecule has 2 atom stereocenters. The van der Waals surface area contributed by atoms with Crippen molar-refractivity contribution in [3.63, 3.8) is 0 Å². The normalized spacial score (nSPS) is 13.3. The predicted molar refractivity (Wildman–Crippen MR) is 96.7 cm³/mol. The Morgan fingerprint density at radius 3 is 2.48 bits per heavy atom. The van der Waals surface area contributed by atoms with Gasteiger partial charge >= 0.3 is 0 Å². The van der Waals surface area contributed by atoms with E-state index in [4.69, 9.17) is 9.47 Å². The van der Waals surface area contributed by atoms with Crippen LogP contribution in [0.2, 0.25) is 0 Å². The van der Waals surface area contributed by atoms with Crippen LogP contribution in [0.3, 0.4) is 0 Å². The Morgan fingerprint density at radius 1 is 1.08 bits per heavy atom. The Labute approximate surface area is 149 Å². The third-order valence-corrected chi connectivity index (χ3v) is 4.25. The molecule has 0 aliphatic heterocycles. The summed E-state index contributed by atoms with van der Waals surface area (Å²) in [5.41, 5.74) is 1.92. The fourth-order valence-corrected chi connectivity index (χ4v) is 2.57. The van der Waals surface area contributed by atoms with E-state index in [9.17, 15) is 10.2 Å². The van der Waals surface area contributed by atoms with Gasteiger partial charge in [-0.2, -0.15) is 0 Å². The lowest BCUT2D eigenvalue weighted by atomic mass is 10.1. The summed E-state index contributed by atoms with van der Waals surface area (Å²) < 4.78 is 11.2. The van der Waals surface area contributed by atoms with E-state index in [-0.39, 0.29) is 19.3 Å². The van der Waals surface area contributed by atoms with Crippen LogP contribution in [-0.2, 0) is 6.54 Å². The van der Waals surface area contributed by atoms with E-state index in [1.54, 1.807) is 7.11 Å². The van der Waals surface area contributed by atoms with Crippen LogP contribution in [0.15, 0.2) is 48.5 Å². The molecule has 5 heteroatoms. The van der Waals surface area contributed by atoms with Crippen molar-refractivity contribution in [1.82, 2.24) is 0 Å². The number of ether oxygens (including phenoxy) is 2. The number of hydrogen-bond donors (Lipinski definition) is 3. The van der Waals surface area contributed by atoms with E-state index >= 15 is 0 Å². The molecule has 0 fully saturated rings. The molecular formula is C20H28NO4+. The molecule has 2 rings (SSSR count). The Balaban J connectivity index is 1.96. The second kappa shape index (κ2) is 10.0. The van der Waals surface area contributed by atoms with Gasteiger partial charge in [0.05, 0.1) is 13.7 Å². The summed E-state index contributed by atoms with van der Waals surface area (Å²) in [6.07, 6.45) is 0.237.